The van der Waals surface area contributed by atoms with E-state index in [0.29, 0.717) is 18.9 Å². The smallest absolute Gasteiger partial charge is 0.224 e. The molecule has 3 rings (SSSR count). The minimum Gasteiger partial charge on any atom is -0.334 e. The third kappa shape index (κ3) is 2.69. The first kappa shape index (κ1) is 13.9. The predicted molar refractivity (Wildman–Crippen MR) is 77.1 cm³/mol. The van der Waals surface area contributed by atoms with Gasteiger partial charge in [-0.05, 0) is 36.5 Å². The Labute approximate surface area is 123 Å². The van der Waals surface area contributed by atoms with E-state index < -0.39 is 0 Å². The molecular formula is C16H19ClFNO. The van der Waals surface area contributed by atoms with Gasteiger partial charge >= 0.3 is 0 Å². The maximum Gasteiger partial charge on any atom is 0.224 e. The predicted octanol–water partition coefficient (Wildman–Crippen LogP) is 3.90. The lowest BCUT2D eigenvalue weighted by Crippen LogP contribution is -2.34. The van der Waals surface area contributed by atoms with Gasteiger partial charge in [0.15, 0.2) is 0 Å². The molecule has 0 bridgehead atoms. The van der Waals surface area contributed by atoms with Gasteiger partial charge in [0.1, 0.15) is 5.82 Å². The van der Waals surface area contributed by atoms with Crippen LogP contribution in [0.25, 0.3) is 0 Å². The standard InChI is InChI=1S/C16H19ClFNO/c17-13-9-15(20)19(10-13)16(11-3-1-2-4-11)12-5-7-14(18)8-6-12/h5-8,11,13,16H,1-4,9-10H2. The third-order valence-corrected chi connectivity index (χ3v) is 4.80. The Morgan fingerprint density at radius 2 is 1.85 bits per heavy atom. The second-order valence-electron chi connectivity index (χ2n) is 5.89. The van der Waals surface area contributed by atoms with Gasteiger partial charge in [-0.1, -0.05) is 25.0 Å². The van der Waals surface area contributed by atoms with Gasteiger partial charge in [-0.25, -0.2) is 4.39 Å². The molecular weight excluding hydrogens is 277 g/mol. The molecule has 1 saturated carbocycles. The summed E-state index contributed by atoms with van der Waals surface area (Å²) in [5, 5.41) is -0.0909. The fourth-order valence-electron chi connectivity index (χ4n) is 3.59. The van der Waals surface area contributed by atoms with Crippen LogP contribution in [0.1, 0.15) is 43.7 Å². The van der Waals surface area contributed by atoms with Crippen LogP contribution in [0.4, 0.5) is 4.39 Å². The average Bonchev–Trinajstić information content (AvgIpc) is 3.03. The van der Waals surface area contributed by atoms with Gasteiger partial charge in [0, 0.05) is 13.0 Å². The second-order valence-corrected chi connectivity index (χ2v) is 6.51. The first-order valence-electron chi connectivity index (χ1n) is 7.34. The lowest BCUT2D eigenvalue weighted by Gasteiger charge is -2.33. The summed E-state index contributed by atoms with van der Waals surface area (Å²) in [6, 6.07) is 6.65. The lowest BCUT2D eigenvalue weighted by atomic mass is 9.90. The fraction of sp³-hybridized carbons (Fsp3) is 0.562. The number of likely N-dealkylation sites (tertiary alicyclic amines) is 1. The molecule has 0 N–H and O–H groups in total. The Hall–Kier alpha value is -1.09. The van der Waals surface area contributed by atoms with Gasteiger partial charge in [0.2, 0.25) is 5.91 Å². The molecule has 1 amide bonds. The highest BCUT2D eigenvalue weighted by Crippen LogP contribution is 2.41. The van der Waals surface area contributed by atoms with Crippen LogP contribution >= 0.6 is 11.6 Å². The summed E-state index contributed by atoms with van der Waals surface area (Å²) < 4.78 is 13.1. The summed E-state index contributed by atoms with van der Waals surface area (Å²) in [5.41, 5.74) is 1.04. The van der Waals surface area contributed by atoms with Crippen LogP contribution in [-0.4, -0.2) is 22.7 Å². The number of hydrogen-bond acceptors (Lipinski definition) is 1. The molecule has 1 saturated heterocycles. The van der Waals surface area contributed by atoms with E-state index in [4.69, 9.17) is 11.6 Å². The van der Waals surface area contributed by atoms with Crippen LogP contribution in [-0.2, 0) is 4.79 Å². The van der Waals surface area contributed by atoms with Crippen molar-refractivity contribution in [3.05, 3.63) is 35.6 Å². The molecule has 2 unspecified atom stereocenters. The Morgan fingerprint density at radius 1 is 1.20 bits per heavy atom. The van der Waals surface area contributed by atoms with Crippen molar-refractivity contribution >= 4 is 17.5 Å². The molecule has 1 aliphatic heterocycles. The van der Waals surface area contributed by atoms with Gasteiger partial charge in [0.25, 0.3) is 0 Å². The Kier molecular flexibility index (Phi) is 3.97. The van der Waals surface area contributed by atoms with Crippen LogP contribution < -0.4 is 0 Å². The Morgan fingerprint density at radius 3 is 2.40 bits per heavy atom. The minimum atomic E-state index is -0.234. The number of nitrogens with zero attached hydrogens (tertiary/aromatic N) is 1. The molecule has 2 fully saturated rings. The summed E-state index contributed by atoms with van der Waals surface area (Å²) in [4.78, 5) is 14.1. The number of alkyl halides is 1. The summed E-state index contributed by atoms with van der Waals surface area (Å²) in [6.45, 7) is 0.610. The Bertz CT molecular complexity index is 484. The average molecular weight is 296 g/mol. The number of carbonyl (C=O) groups excluding carboxylic acids is 1. The van der Waals surface area contributed by atoms with E-state index in [2.05, 4.69) is 0 Å². The van der Waals surface area contributed by atoms with Crippen molar-refractivity contribution < 1.29 is 9.18 Å². The molecule has 2 nitrogen and oxygen atoms in total. The molecule has 1 aromatic carbocycles. The molecule has 1 heterocycles. The van der Waals surface area contributed by atoms with Crippen molar-refractivity contribution in [2.24, 2.45) is 5.92 Å². The van der Waals surface area contributed by atoms with Gasteiger partial charge in [-0.15, -0.1) is 11.6 Å². The highest BCUT2D eigenvalue weighted by molar-refractivity contribution is 6.22. The molecule has 1 aromatic rings. The molecule has 0 spiro atoms. The zero-order chi connectivity index (χ0) is 14.1. The molecule has 0 radical (unpaired) electrons. The molecule has 2 atom stereocenters. The van der Waals surface area contributed by atoms with Gasteiger partial charge < -0.3 is 4.90 Å². The number of hydrogen-bond donors (Lipinski definition) is 0. The van der Waals surface area contributed by atoms with E-state index in [1.165, 1.54) is 25.0 Å². The topological polar surface area (TPSA) is 20.3 Å². The van der Waals surface area contributed by atoms with E-state index in [-0.39, 0.29) is 23.1 Å². The van der Waals surface area contributed by atoms with E-state index in [1.54, 1.807) is 0 Å². The molecule has 1 aliphatic carbocycles. The summed E-state index contributed by atoms with van der Waals surface area (Å²) >= 11 is 6.14. The molecule has 20 heavy (non-hydrogen) atoms. The maximum atomic E-state index is 13.1. The first-order valence-corrected chi connectivity index (χ1v) is 7.78. The number of amides is 1. The largest absolute Gasteiger partial charge is 0.334 e. The number of benzene rings is 1. The van der Waals surface area contributed by atoms with Crippen LogP contribution in [0.3, 0.4) is 0 Å². The van der Waals surface area contributed by atoms with Crippen LogP contribution in [0.5, 0.6) is 0 Å². The second kappa shape index (κ2) is 5.72. The van der Waals surface area contributed by atoms with Crippen molar-refractivity contribution in [3.63, 3.8) is 0 Å². The highest BCUT2D eigenvalue weighted by atomic mass is 35.5. The minimum absolute atomic E-state index is 0.0642. The zero-order valence-electron chi connectivity index (χ0n) is 11.4. The SMILES string of the molecule is O=C1CC(Cl)CN1C(c1ccc(F)cc1)C1CCCC1. The number of rotatable bonds is 3. The van der Waals surface area contributed by atoms with E-state index in [9.17, 15) is 9.18 Å². The number of halogens is 2. The number of carbonyl (C=O) groups is 1. The normalized spacial score (nSPS) is 25.4. The molecule has 4 heteroatoms. The first-order chi connectivity index (χ1) is 9.65. The van der Waals surface area contributed by atoms with Crippen LogP contribution in [0.2, 0.25) is 0 Å². The van der Waals surface area contributed by atoms with Crippen molar-refractivity contribution in [3.8, 4) is 0 Å². The van der Waals surface area contributed by atoms with E-state index >= 15 is 0 Å². The summed E-state index contributed by atoms with van der Waals surface area (Å²) in [6.07, 6.45) is 5.13. The summed E-state index contributed by atoms with van der Waals surface area (Å²) in [5.74, 6) is 0.375. The van der Waals surface area contributed by atoms with E-state index in [0.717, 1.165) is 18.4 Å². The van der Waals surface area contributed by atoms with Crippen molar-refractivity contribution in [1.82, 2.24) is 4.90 Å². The monoisotopic (exact) mass is 295 g/mol. The van der Waals surface area contributed by atoms with Crippen molar-refractivity contribution in [2.75, 3.05) is 6.54 Å². The maximum absolute atomic E-state index is 13.1. The Balaban J connectivity index is 1.91. The molecule has 0 aromatic heterocycles. The molecule has 108 valence electrons. The quantitative estimate of drug-likeness (QED) is 0.775. The van der Waals surface area contributed by atoms with E-state index in [1.807, 2.05) is 17.0 Å². The van der Waals surface area contributed by atoms with Crippen molar-refractivity contribution in [1.29, 1.82) is 0 Å². The van der Waals surface area contributed by atoms with Gasteiger partial charge in [-0.3, -0.25) is 4.79 Å². The van der Waals surface area contributed by atoms with Crippen molar-refractivity contribution in [2.45, 2.75) is 43.5 Å². The van der Waals surface area contributed by atoms with Crippen LogP contribution in [0, 0.1) is 11.7 Å². The van der Waals surface area contributed by atoms with Gasteiger partial charge in [0.05, 0.1) is 11.4 Å². The highest BCUT2D eigenvalue weighted by Gasteiger charge is 2.38. The van der Waals surface area contributed by atoms with Crippen LogP contribution in [0.15, 0.2) is 24.3 Å². The zero-order valence-corrected chi connectivity index (χ0v) is 12.2. The van der Waals surface area contributed by atoms with Gasteiger partial charge in [-0.2, -0.15) is 0 Å². The summed E-state index contributed by atoms with van der Waals surface area (Å²) in [7, 11) is 0. The third-order valence-electron chi connectivity index (χ3n) is 4.50. The fourth-order valence-corrected chi connectivity index (χ4v) is 3.88. The lowest BCUT2D eigenvalue weighted by molar-refractivity contribution is -0.130. The molecule has 2 aliphatic rings.